The van der Waals surface area contributed by atoms with Gasteiger partial charge in [0.1, 0.15) is 16.7 Å². The molecule has 0 aliphatic heterocycles. The Balaban J connectivity index is 2.72. The van der Waals surface area contributed by atoms with Crippen molar-refractivity contribution in [2.45, 2.75) is 15.0 Å². The molecule has 2 aromatic rings. The fraction of sp³-hybridized carbons (Fsp3) is 0.231. The molecule has 13 heteroatoms. The van der Waals surface area contributed by atoms with Crippen molar-refractivity contribution in [1.82, 2.24) is 9.78 Å². The van der Waals surface area contributed by atoms with E-state index in [0.29, 0.717) is 12.1 Å². The molecular weight excluding hydrogens is 464 g/mol. The average molecular weight is 469 g/mol. The minimum Gasteiger partial charge on any atom is -0.480 e. The van der Waals surface area contributed by atoms with Gasteiger partial charge in [-0.2, -0.15) is 32.6 Å². The van der Waals surface area contributed by atoms with Crippen molar-refractivity contribution < 1.29 is 22.3 Å². The summed E-state index contributed by atoms with van der Waals surface area (Å²) in [6.45, 7) is 0. The fourth-order valence-corrected chi connectivity index (χ4v) is 3.71. The number of benzene rings is 1. The molecule has 0 spiro atoms. The van der Waals surface area contributed by atoms with Gasteiger partial charge in [0.2, 0.25) is 5.88 Å². The maximum absolute atomic E-state index is 13.6. The molecule has 0 aliphatic carbocycles. The van der Waals surface area contributed by atoms with Gasteiger partial charge in [0.15, 0.2) is 5.69 Å². The van der Waals surface area contributed by atoms with Crippen LogP contribution in [0.2, 0.25) is 10.0 Å². The van der Waals surface area contributed by atoms with E-state index in [2.05, 4.69) is 5.10 Å². The number of nitriles is 1. The van der Waals surface area contributed by atoms with Crippen LogP contribution in [0, 0.1) is 11.3 Å². The van der Waals surface area contributed by atoms with E-state index < -0.39 is 25.7 Å². The predicted octanol–water partition coefficient (Wildman–Crippen LogP) is 6.23. The minimum atomic E-state index is -4.68. The molecule has 0 saturated heterocycles. The van der Waals surface area contributed by atoms with Gasteiger partial charge in [-0.1, -0.05) is 46.4 Å². The lowest BCUT2D eigenvalue weighted by molar-refractivity contribution is -0.137. The number of halogens is 8. The number of hydrogen-bond acceptors (Lipinski definition) is 4. The normalized spacial score (nSPS) is 12.2. The number of aromatic nitrogens is 2. The fourth-order valence-electron chi connectivity index (χ4n) is 1.93. The first-order chi connectivity index (χ1) is 11.9. The van der Waals surface area contributed by atoms with Crippen LogP contribution in [0.4, 0.5) is 17.6 Å². The van der Waals surface area contributed by atoms with Crippen molar-refractivity contribution in [3.05, 3.63) is 33.4 Å². The summed E-state index contributed by atoms with van der Waals surface area (Å²) in [6, 6.07) is 2.94. The van der Waals surface area contributed by atoms with E-state index in [4.69, 9.17) is 56.4 Å². The predicted molar refractivity (Wildman–Crippen MR) is 91.3 cm³/mol. The Morgan fingerprint density at radius 3 is 2.12 bits per heavy atom. The first-order valence-corrected chi connectivity index (χ1v) is 8.61. The molecular formula is C13H5Cl4F4N3OS. The standard InChI is InChI=1S/C13H5Cl4F4N3OS/c1-25-11-10(26-13(16,17)21)8(4-22)23-24(11)9-6(14)2-5(3-7(9)15)12(18,19)20/h2-3H,1H3. The van der Waals surface area contributed by atoms with E-state index in [0.717, 1.165) is 11.8 Å². The third-order valence-electron chi connectivity index (χ3n) is 2.87. The van der Waals surface area contributed by atoms with Crippen LogP contribution in [0.1, 0.15) is 11.3 Å². The summed E-state index contributed by atoms with van der Waals surface area (Å²) in [5.74, 6) is -0.238. The maximum atomic E-state index is 13.6. The number of thioether (sulfide) groups is 1. The van der Waals surface area contributed by atoms with Crippen LogP contribution in [0.25, 0.3) is 5.69 Å². The molecule has 0 atom stereocenters. The second-order valence-electron chi connectivity index (χ2n) is 4.54. The second-order valence-corrected chi connectivity index (χ2v) is 8.22. The highest BCUT2D eigenvalue weighted by molar-refractivity contribution is 8.03. The minimum absolute atomic E-state index is 0.186. The second kappa shape index (κ2) is 7.52. The number of methoxy groups -OCH3 is 1. The van der Waals surface area contributed by atoms with Crippen molar-refractivity contribution in [1.29, 1.82) is 5.26 Å². The third kappa shape index (κ3) is 4.43. The van der Waals surface area contributed by atoms with Gasteiger partial charge in [0, 0.05) is 0 Å². The lowest BCUT2D eigenvalue weighted by Gasteiger charge is -2.14. The molecule has 0 N–H and O–H groups in total. The summed E-state index contributed by atoms with van der Waals surface area (Å²) in [4.78, 5) is -0.186. The van der Waals surface area contributed by atoms with Gasteiger partial charge in [0.25, 0.3) is 0 Å². The maximum Gasteiger partial charge on any atom is 0.416 e. The molecule has 0 unspecified atom stereocenters. The monoisotopic (exact) mass is 467 g/mol. The highest BCUT2D eigenvalue weighted by atomic mass is 35.5. The highest BCUT2D eigenvalue weighted by Gasteiger charge is 2.35. The Hall–Kier alpha value is -1.05. The summed E-state index contributed by atoms with van der Waals surface area (Å²) in [5.41, 5.74) is -1.63. The number of alkyl halides is 6. The topological polar surface area (TPSA) is 50.8 Å². The van der Waals surface area contributed by atoms with Gasteiger partial charge in [-0.05, 0) is 23.9 Å². The van der Waals surface area contributed by atoms with E-state index in [1.165, 1.54) is 0 Å². The zero-order valence-electron chi connectivity index (χ0n) is 12.3. The Bertz CT molecular complexity index is 866. The van der Waals surface area contributed by atoms with Gasteiger partial charge < -0.3 is 4.74 Å². The Morgan fingerprint density at radius 2 is 1.73 bits per heavy atom. The molecule has 140 valence electrons. The Kier molecular flexibility index (Phi) is 6.15. The molecule has 0 saturated carbocycles. The smallest absolute Gasteiger partial charge is 0.416 e. The van der Waals surface area contributed by atoms with Gasteiger partial charge in [-0.15, -0.1) is 0 Å². The van der Waals surface area contributed by atoms with Crippen molar-refractivity contribution in [2.24, 2.45) is 0 Å². The van der Waals surface area contributed by atoms with Crippen molar-refractivity contribution >= 4 is 58.2 Å². The van der Waals surface area contributed by atoms with Crippen LogP contribution < -0.4 is 4.74 Å². The van der Waals surface area contributed by atoms with Crippen LogP contribution in [0.15, 0.2) is 17.0 Å². The summed E-state index contributed by atoms with van der Waals surface area (Å²) >= 11 is 22.6. The van der Waals surface area contributed by atoms with Crippen LogP contribution >= 0.6 is 58.2 Å². The lowest BCUT2D eigenvalue weighted by Crippen LogP contribution is -2.08. The van der Waals surface area contributed by atoms with E-state index in [9.17, 15) is 17.6 Å². The first kappa shape index (κ1) is 21.3. The van der Waals surface area contributed by atoms with Crippen LogP contribution in [-0.2, 0) is 6.18 Å². The highest BCUT2D eigenvalue weighted by Crippen LogP contribution is 2.48. The Labute approximate surface area is 168 Å². The zero-order chi connectivity index (χ0) is 19.9. The van der Waals surface area contributed by atoms with Crippen molar-refractivity contribution in [3.8, 4) is 17.6 Å². The molecule has 0 amide bonds. The van der Waals surface area contributed by atoms with Crippen molar-refractivity contribution in [2.75, 3.05) is 7.11 Å². The molecule has 4 nitrogen and oxygen atoms in total. The van der Waals surface area contributed by atoms with Crippen LogP contribution in [0.3, 0.4) is 0 Å². The molecule has 0 aliphatic rings. The quantitative estimate of drug-likeness (QED) is 0.303. The van der Waals surface area contributed by atoms with Crippen LogP contribution in [-0.4, -0.2) is 20.8 Å². The molecule has 1 heterocycles. The van der Waals surface area contributed by atoms with E-state index in [-0.39, 0.29) is 33.9 Å². The molecule has 0 radical (unpaired) electrons. The summed E-state index contributed by atoms with van der Waals surface area (Å²) in [5, 5.41) is 12.2. The third-order valence-corrected chi connectivity index (χ3v) is 4.72. The van der Waals surface area contributed by atoms with Gasteiger partial charge in [-0.25, -0.2) is 0 Å². The molecule has 0 fully saturated rings. The van der Waals surface area contributed by atoms with Gasteiger partial charge >= 0.3 is 10.1 Å². The molecule has 1 aromatic heterocycles. The largest absolute Gasteiger partial charge is 0.480 e. The van der Waals surface area contributed by atoms with E-state index in [1.54, 1.807) is 6.07 Å². The molecule has 0 bridgehead atoms. The van der Waals surface area contributed by atoms with Gasteiger partial charge in [-0.3, -0.25) is 0 Å². The molecule has 1 aromatic carbocycles. The average Bonchev–Trinajstić information content (AvgIpc) is 2.81. The summed E-state index contributed by atoms with van der Waals surface area (Å²) in [7, 11) is 1.16. The number of nitrogens with zero attached hydrogens (tertiary/aromatic N) is 3. The SMILES string of the molecule is COc1c(SC(F)(Cl)Cl)c(C#N)nn1-c1c(Cl)cc(C(F)(F)F)cc1Cl. The lowest BCUT2D eigenvalue weighted by atomic mass is 10.2. The number of ether oxygens (including phenoxy) is 1. The van der Waals surface area contributed by atoms with E-state index >= 15 is 0 Å². The van der Waals surface area contributed by atoms with E-state index in [1.807, 2.05) is 0 Å². The summed E-state index contributed by atoms with van der Waals surface area (Å²) in [6.07, 6.45) is -4.68. The van der Waals surface area contributed by atoms with Gasteiger partial charge in [0.05, 0.1) is 22.7 Å². The Morgan fingerprint density at radius 1 is 1.19 bits per heavy atom. The number of hydrogen-bond donors (Lipinski definition) is 0. The van der Waals surface area contributed by atoms with Crippen molar-refractivity contribution in [3.63, 3.8) is 0 Å². The first-order valence-electron chi connectivity index (χ1n) is 6.28. The van der Waals surface area contributed by atoms with Crippen LogP contribution in [0.5, 0.6) is 5.88 Å². The molecule has 26 heavy (non-hydrogen) atoms. The molecule has 2 rings (SSSR count). The number of rotatable bonds is 4. The summed E-state index contributed by atoms with van der Waals surface area (Å²) < 4.78 is 55.3. The zero-order valence-corrected chi connectivity index (χ0v) is 16.2.